The molecule has 7 aliphatic rings. The van der Waals surface area contributed by atoms with Crippen LogP contribution >= 0.6 is 0 Å². The number of rotatable bonds is 12. The van der Waals surface area contributed by atoms with E-state index < -0.39 is 65.4 Å². The van der Waals surface area contributed by atoms with E-state index in [1.54, 1.807) is 35.2 Å². The number of carbonyl (C=O) groups is 1. The van der Waals surface area contributed by atoms with Gasteiger partial charge in [0.1, 0.15) is 11.5 Å². The van der Waals surface area contributed by atoms with E-state index in [0.29, 0.717) is 19.3 Å². The number of aliphatic carboxylic acids is 1. The summed E-state index contributed by atoms with van der Waals surface area (Å²) < 4.78 is 72.1. The van der Waals surface area contributed by atoms with Gasteiger partial charge in [-0.2, -0.15) is 0 Å². The third-order valence-corrected chi connectivity index (χ3v) is 17.0. The fourth-order valence-electron chi connectivity index (χ4n) is 12.8. The van der Waals surface area contributed by atoms with Crippen molar-refractivity contribution in [2.24, 2.45) is 41.4 Å². The topological polar surface area (TPSA) is 179 Å². The molecule has 0 bridgehead atoms. The Morgan fingerprint density at radius 3 is 2.03 bits per heavy atom. The van der Waals surface area contributed by atoms with Crippen LogP contribution in [0, 0.1) is 41.4 Å². The van der Waals surface area contributed by atoms with Crippen molar-refractivity contribution in [3.8, 4) is 0 Å². The molecule has 63 heavy (non-hydrogen) atoms. The Morgan fingerprint density at radius 2 is 1.40 bits per heavy atom. The predicted molar refractivity (Wildman–Crippen MR) is 230 cm³/mol. The first kappa shape index (κ1) is 52.3. The molecule has 0 saturated carbocycles. The molecule has 3 N–H and O–H groups in total. The molecule has 7 fully saturated rings. The van der Waals surface area contributed by atoms with Gasteiger partial charge in [-0.3, -0.25) is 4.79 Å². The number of hydrogen-bond acceptors (Lipinski definition) is 14. The van der Waals surface area contributed by atoms with Crippen LogP contribution in [-0.4, -0.2) is 175 Å². The Labute approximate surface area is 398 Å². The Bertz CT molecular complexity index is 1540. The number of ether oxygens (including phenoxy) is 11. The van der Waals surface area contributed by atoms with Crippen LogP contribution in [0.3, 0.4) is 0 Å². The second-order valence-electron chi connectivity index (χ2n) is 20.8. The van der Waals surface area contributed by atoms with E-state index in [4.69, 9.17) is 52.1 Å². The van der Waals surface area contributed by atoms with Crippen LogP contribution in [0.5, 0.6) is 0 Å². The number of carboxylic acids is 1. The summed E-state index contributed by atoms with van der Waals surface area (Å²) in [7, 11) is 5.10. The van der Waals surface area contributed by atoms with Crippen LogP contribution in [0.1, 0.15) is 127 Å². The molecule has 0 amide bonds. The molecule has 16 heteroatoms. The minimum absolute atomic E-state index is 0. The molecule has 0 aromatic rings. The Kier molecular flexibility index (Phi) is 16.7. The fourth-order valence-corrected chi connectivity index (χ4v) is 12.8. The van der Waals surface area contributed by atoms with Crippen molar-refractivity contribution in [3.05, 3.63) is 0 Å². The average Bonchev–Trinajstić information content (AvgIpc) is 3.96. The predicted octanol–water partition coefficient (Wildman–Crippen LogP) is 5.44. The molecule has 24 atom stereocenters. The zero-order chi connectivity index (χ0) is 45.3. The van der Waals surface area contributed by atoms with Crippen LogP contribution in [0.4, 0.5) is 0 Å². The molecule has 1 spiro atoms. The molecule has 0 aromatic carbocycles. The van der Waals surface area contributed by atoms with Gasteiger partial charge in [-0.15, -0.1) is 0 Å². The van der Waals surface area contributed by atoms with Crippen molar-refractivity contribution >= 4 is 35.5 Å². The molecule has 0 aliphatic carbocycles. The van der Waals surface area contributed by atoms with E-state index in [0.717, 1.165) is 38.5 Å². The van der Waals surface area contributed by atoms with Gasteiger partial charge in [-0.25, -0.2) is 0 Å². The first-order valence-electron chi connectivity index (χ1n) is 23.7. The summed E-state index contributed by atoms with van der Waals surface area (Å²) >= 11 is 0. The van der Waals surface area contributed by atoms with E-state index in [-0.39, 0.29) is 114 Å². The van der Waals surface area contributed by atoms with E-state index in [2.05, 4.69) is 27.7 Å². The molecule has 1 radical (unpaired) electrons. The third kappa shape index (κ3) is 9.64. The molecule has 7 heterocycles. The number of methoxy groups -OCH3 is 3. The minimum atomic E-state index is -2.03. The van der Waals surface area contributed by atoms with Crippen molar-refractivity contribution in [1.29, 1.82) is 0 Å². The summed E-state index contributed by atoms with van der Waals surface area (Å²) in [5.74, 6) is -7.83. The molecular formula is C47H80NaO15. The van der Waals surface area contributed by atoms with Gasteiger partial charge in [0.2, 0.25) is 0 Å². The number of carboxylic acid groups (broad SMARTS) is 1. The third-order valence-electron chi connectivity index (χ3n) is 17.0. The summed E-state index contributed by atoms with van der Waals surface area (Å²) in [5, 5.41) is 33.4. The monoisotopic (exact) mass is 908 g/mol. The van der Waals surface area contributed by atoms with Crippen molar-refractivity contribution in [2.75, 3.05) is 21.3 Å². The molecule has 7 aliphatic heterocycles. The normalized spacial score (nSPS) is 53.3. The fraction of sp³-hybridized carbons (Fsp3) is 0.979. The van der Waals surface area contributed by atoms with Gasteiger partial charge in [0.25, 0.3) is 0 Å². The summed E-state index contributed by atoms with van der Waals surface area (Å²) in [6.07, 6.45) is 2.43. The van der Waals surface area contributed by atoms with E-state index >= 15 is 0 Å². The number of aliphatic hydroxyl groups is 2. The SMILES string of the molecule is COC1CCC(OC2C(C)C(CC3CC(OC)C(C)C4(O3)OC(C)(C3CCC(C5CCC(C6OC(C)(O)C(C)CC6C)O5)O3)C(OC)C4C)OC(O)(C(C)C(=O)O)C2C)OC1C.[Na]. The summed E-state index contributed by atoms with van der Waals surface area (Å²) in [6, 6.07) is 0. The zero-order valence-electron chi connectivity index (χ0n) is 40.7. The summed E-state index contributed by atoms with van der Waals surface area (Å²) in [6.45, 7) is 19.5. The van der Waals surface area contributed by atoms with Gasteiger partial charge in [0.05, 0.1) is 73.2 Å². The Morgan fingerprint density at radius 1 is 0.746 bits per heavy atom. The molecule has 7 rings (SSSR count). The molecule has 359 valence electrons. The maximum Gasteiger partial charge on any atom is 0.311 e. The van der Waals surface area contributed by atoms with Crippen LogP contribution in [0.25, 0.3) is 0 Å². The number of hydrogen-bond donors (Lipinski definition) is 3. The summed E-state index contributed by atoms with van der Waals surface area (Å²) in [5.41, 5.74) is -0.885. The summed E-state index contributed by atoms with van der Waals surface area (Å²) in [4.78, 5) is 12.5. The van der Waals surface area contributed by atoms with Gasteiger partial charge in [0, 0.05) is 99.7 Å². The van der Waals surface area contributed by atoms with Crippen LogP contribution < -0.4 is 0 Å². The standard InChI is InChI=1S/C47H80O15.Na/c1-23-20-24(2)45(10,50)61-40(23)35-15-14-33(56-35)34-16-18-38(57-34)44(9)42(54-13)28(6)47(62-44)26(4)37(53-12)22-31(59-47)21-36-25(3)41(27(5)46(51,60-36)29(7)43(48)49)58-39-19-17-32(52-11)30(8)55-39;/h23-42,50-51H,14-22H2,1-13H3,(H,48,49);. The van der Waals surface area contributed by atoms with Crippen molar-refractivity contribution in [2.45, 2.75) is 230 Å². The van der Waals surface area contributed by atoms with Gasteiger partial charge < -0.3 is 67.4 Å². The van der Waals surface area contributed by atoms with Crippen molar-refractivity contribution < 1.29 is 72.2 Å². The van der Waals surface area contributed by atoms with Crippen LogP contribution in [-0.2, 0) is 56.9 Å². The largest absolute Gasteiger partial charge is 0.481 e. The maximum atomic E-state index is 12.5. The van der Waals surface area contributed by atoms with E-state index in [1.807, 2.05) is 20.8 Å². The molecule has 0 aromatic heterocycles. The zero-order valence-corrected chi connectivity index (χ0v) is 42.7. The quantitative estimate of drug-likeness (QED) is 0.211. The average molecular weight is 908 g/mol. The molecule has 24 unspecified atom stereocenters. The van der Waals surface area contributed by atoms with Crippen molar-refractivity contribution in [3.63, 3.8) is 0 Å². The smallest absolute Gasteiger partial charge is 0.311 e. The van der Waals surface area contributed by atoms with Gasteiger partial charge in [-0.05, 0) is 72.1 Å². The van der Waals surface area contributed by atoms with E-state index in [1.165, 1.54) is 6.92 Å². The second kappa shape index (κ2) is 20.1. The van der Waals surface area contributed by atoms with Gasteiger partial charge in [0.15, 0.2) is 23.7 Å². The Balaban J connectivity index is 0.00000661. The van der Waals surface area contributed by atoms with Gasteiger partial charge in [-0.1, -0.05) is 41.5 Å². The molecular weight excluding hydrogens is 827 g/mol. The van der Waals surface area contributed by atoms with Crippen molar-refractivity contribution in [1.82, 2.24) is 0 Å². The molecule has 7 saturated heterocycles. The Hall–Kier alpha value is -0.0500. The van der Waals surface area contributed by atoms with Crippen LogP contribution in [0.2, 0.25) is 0 Å². The molecule has 15 nitrogen and oxygen atoms in total. The first-order chi connectivity index (χ1) is 29.1. The minimum Gasteiger partial charge on any atom is -0.481 e. The first-order valence-corrected chi connectivity index (χ1v) is 23.7. The van der Waals surface area contributed by atoms with E-state index in [9.17, 15) is 20.1 Å². The second-order valence-corrected chi connectivity index (χ2v) is 20.8. The van der Waals surface area contributed by atoms with Gasteiger partial charge >= 0.3 is 5.97 Å². The maximum absolute atomic E-state index is 12.5. The van der Waals surface area contributed by atoms with Crippen LogP contribution in [0.15, 0.2) is 0 Å².